The number of hydrogen-bond donors (Lipinski definition) is 0. The third kappa shape index (κ3) is 4.35. The zero-order valence-electron chi connectivity index (χ0n) is 19.9. The van der Waals surface area contributed by atoms with Gasteiger partial charge in [0.15, 0.2) is 16.6 Å². The molecule has 1 fully saturated rings. The third-order valence-electron chi connectivity index (χ3n) is 6.16. The highest BCUT2D eigenvalue weighted by Crippen LogP contribution is 2.41. The monoisotopic (exact) mass is 490 g/mol. The highest BCUT2D eigenvalue weighted by molar-refractivity contribution is 7.13. The summed E-state index contributed by atoms with van der Waals surface area (Å²) in [5.74, 6) is 1.57. The zero-order chi connectivity index (χ0) is 24.4. The Morgan fingerprint density at radius 1 is 0.943 bits per heavy atom. The van der Waals surface area contributed by atoms with Crippen molar-refractivity contribution < 1.29 is 19.0 Å². The molecule has 9 heteroatoms. The second kappa shape index (κ2) is 9.79. The lowest BCUT2D eigenvalue weighted by Gasteiger charge is -2.34. The van der Waals surface area contributed by atoms with Crippen molar-refractivity contribution in [3.8, 4) is 28.5 Å². The van der Waals surface area contributed by atoms with Crippen molar-refractivity contribution in [3.05, 3.63) is 59.6 Å². The van der Waals surface area contributed by atoms with Gasteiger partial charge in [-0.25, -0.2) is 9.97 Å². The van der Waals surface area contributed by atoms with E-state index >= 15 is 0 Å². The fourth-order valence-corrected chi connectivity index (χ4v) is 5.07. The van der Waals surface area contributed by atoms with Crippen molar-refractivity contribution in [2.24, 2.45) is 0 Å². The molecule has 3 heterocycles. The van der Waals surface area contributed by atoms with Gasteiger partial charge in [-0.1, -0.05) is 18.2 Å². The van der Waals surface area contributed by atoms with E-state index in [1.165, 1.54) is 0 Å². The molecule has 2 aromatic heterocycles. The number of ether oxygens (including phenoxy) is 3. The highest BCUT2D eigenvalue weighted by atomic mass is 32.1. The van der Waals surface area contributed by atoms with Crippen LogP contribution in [0.3, 0.4) is 0 Å². The Kier molecular flexibility index (Phi) is 6.41. The average Bonchev–Trinajstić information content (AvgIpc) is 3.46. The summed E-state index contributed by atoms with van der Waals surface area (Å²) in [5, 5.41) is 3.80. The van der Waals surface area contributed by atoms with Crippen molar-refractivity contribution >= 4 is 33.3 Å². The number of hydrogen-bond acceptors (Lipinski definition) is 8. The van der Waals surface area contributed by atoms with Gasteiger partial charge in [0.25, 0.3) is 5.91 Å². The number of nitrogens with zero attached hydrogens (tertiary/aromatic N) is 4. The summed E-state index contributed by atoms with van der Waals surface area (Å²) in [6, 6.07) is 13.3. The number of piperazine rings is 1. The number of aromatic nitrogens is 2. The van der Waals surface area contributed by atoms with Crippen molar-refractivity contribution in [2.45, 2.75) is 0 Å². The first kappa shape index (κ1) is 22.9. The number of thiazole rings is 1. The maximum absolute atomic E-state index is 13.7. The molecule has 4 aromatic rings. The molecule has 0 spiro atoms. The molecule has 5 rings (SSSR count). The minimum absolute atomic E-state index is 0.00363. The Hall–Kier alpha value is -3.85. The van der Waals surface area contributed by atoms with Crippen LogP contribution in [0, 0.1) is 0 Å². The largest absolute Gasteiger partial charge is 0.493 e. The smallest absolute Gasteiger partial charge is 0.254 e. The summed E-state index contributed by atoms with van der Waals surface area (Å²) in [6.45, 7) is 2.77. The van der Waals surface area contributed by atoms with E-state index in [9.17, 15) is 4.79 Å². The quantitative estimate of drug-likeness (QED) is 0.398. The number of methoxy groups -OCH3 is 3. The summed E-state index contributed by atoms with van der Waals surface area (Å²) in [4.78, 5) is 27.1. The van der Waals surface area contributed by atoms with Crippen LogP contribution in [0.1, 0.15) is 10.4 Å². The molecule has 0 N–H and O–H groups in total. The number of para-hydroxylation sites is 1. The topological polar surface area (TPSA) is 77.0 Å². The molecule has 180 valence electrons. The molecule has 0 saturated carbocycles. The van der Waals surface area contributed by atoms with Crippen LogP contribution < -0.4 is 19.1 Å². The van der Waals surface area contributed by atoms with Gasteiger partial charge >= 0.3 is 0 Å². The first-order valence-electron chi connectivity index (χ1n) is 11.3. The fourth-order valence-electron chi connectivity index (χ4n) is 4.37. The normalized spacial score (nSPS) is 13.7. The van der Waals surface area contributed by atoms with E-state index < -0.39 is 0 Å². The molecular weight excluding hydrogens is 464 g/mol. The van der Waals surface area contributed by atoms with Crippen LogP contribution in [0.25, 0.3) is 22.2 Å². The molecule has 35 heavy (non-hydrogen) atoms. The standard InChI is InChI=1S/C26H26N4O4S/c1-32-22-14-17(15-23(33-2)24(22)34-3)21-16-19(18-6-4-5-7-20(18)28-21)25(31)29-9-11-30(12-10-29)26-27-8-13-35-26/h4-8,13-16H,9-12H2,1-3H3. The number of amides is 1. The number of carbonyl (C=O) groups excluding carboxylic acids is 1. The van der Waals surface area contributed by atoms with Gasteiger partial charge in [0.1, 0.15) is 0 Å². The third-order valence-corrected chi connectivity index (χ3v) is 7.00. The average molecular weight is 491 g/mol. The van der Waals surface area contributed by atoms with Gasteiger partial charge in [0.2, 0.25) is 5.75 Å². The molecule has 2 aromatic carbocycles. The molecule has 0 radical (unpaired) electrons. The van der Waals surface area contributed by atoms with Gasteiger partial charge in [-0.2, -0.15) is 0 Å². The Bertz CT molecular complexity index is 1330. The molecule has 0 unspecified atom stereocenters. The summed E-state index contributed by atoms with van der Waals surface area (Å²) in [7, 11) is 4.73. The summed E-state index contributed by atoms with van der Waals surface area (Å²) >= 11 is 1.62. The second-order valence-electron chi connectivity index (χ2n) is 8.08. The van der Waals surface area contributed by atoms with Crippen molar-refractivity contribution in [2.75, 3.05) is 52.4 Å². The second-order valence-corrected chi connectivity index (χ2v) is 8.95. The van der Waals surface area contributed by atoms with E-state index in [1.54, 1.807) is 32.7 Å². The van der Waals surface area contributed by atoms with E-state index in [0.717, 1.165) is 34.7 Å². The number of pyridine rings is 1. The molecule has 0 atom stereocenters. The maximum Gasteiger partial charge on any atom is 0.254 e. The Labute approximate surface area is 207 Å². The predicted octanol–water partition coefficient (Wildman–Crippen LogP) is 4.35. The zero-order valence-corrected chi connectivity index (χ0v) is 20.7. The van der Waals surface area contributed by atoms with E-state index in [2.05, 4.69) is 9.88 Å². The van der Waals surface area contributed by atoms with Crippen molar-refractivity contribution in [1.29, 1.82) is 0 Å². The minimum atomic E-state index is -0.00363. The molecule has 0 aliphatic carbocycles. The van der Waals surface area contributed by atoms with Gasteiger partial charge in [-0.05, 0) is 24.3 Å². The first-order valence-corrected chi connectivity index (χ1v) is 12.1. The van der Waals surface area contributed by atoms with E-state index in [-0.39, 0.29) is 5.91 Å². The molecule has 0 bridgehead atoms. The molecular formula is C26H26N4O4S. The van der Waals surface area contributed by atoms with Crippen LogP contribution in [0.5, 0.6) is 17.2 Å². The molecule has 1 amide bonds. The number of anilines is 1. The fraction of sp³-hybridized carbons (Fsp3) is 0.269. The lowest BCUT2D eigenvalue weighted by molar-refractivity contribution is 0.0748. The van der Waals surface area contributed by atoms with Crippen molar-refractivity contribution in [3.63, 3.8) is 0 Å². The summed E-state index contributed by atoms with van der Waals surface area (Å²) < 4.78 is 16.5. The number of fused-ring (bicyclic) bond motifs is 1. The maximum atomic E-state index is 13.7. The lowest BCUT2D eigenvalue weighted by Crippen LogP contribution is -2.48. The van der Waals surface area contributed by atoms with Gasteiger partial charge in [0, 0.05) is 48.7 Å². The van der Waals surface area contributed by atoms with Crippen LogP contribution in [0.15, 0.2) is 54.0 Å². The van der Waals surface area contributed by atoms with E-state index in [1.807, 2.05) is 58.9 Å². The molecule has 1 aliphatic heterocycles. The molecule has 1 aliphatic rings. The van der Waals surface area contributed by atoms with Crippen LogP contribution in [-0.2, 0) is 0 Å². The minimum Gasteiger partial charge on any atom is -0.493 e. The van der Waals surface area contributed by atoms with E-state index in [4.69, 9.17) is 19.2 Å². The first-order chi connectivity index (χ1) is 17.1. The Balaban J connectivity index is 1.52. The number of benzene rings is 2. The molecule has 1 saturated heterocycles. The van der Waals surface area contributed by atoms with Gasteiger partial charge in [0.05, 0.1) is 38.1 Å². The van der Waals surface area contributed by atoms with E-state index in [0.29, 0.717) is 41.6 Å². The SMILES string of the molecule is COc1cc(-c2cc(C(=O)N3CCN(c4nccs4)CC3)c3ccccc3n2)cc(OC)c1OC. The van der Waals surface area contributed by atoms with Crippen LogP contribution in [0.2, 0.25) is 0 Å². The molecule has 8 nitrogen and oxygen atoms in total. The Morgan fingerprint density at radius 2 is 1.66 bits per heavy atom. The number of carbonyl (C=O) groups is 1. The van der Waals surface area contributed by atoms with Crippen LogP contribution in [-0.4, -0.2) is 68.3 Å². The van der Waals surface area contributed by atoms with Gasteiger partial charge < -0.3 is 24.0 Å². The van der Waals surface area contributed by atoms with Gasteiger partial charge in [-0.15, -0.1) is 11.3 Å². The number of rotatable bonds is 6. The van der Waals surface area contributed by atoms with Gasteiger partial charge in [-0.3, -0.25) is 4.79 Å². The van der Waals surface area contributed by atoms with Crippen LogP contribution >= 0.6 is 11.3 Å². The Morgan fingerprint density at radius 3 is 2.29 bits per heavy atom. The summed E-state index contributed by atoms with van der Waals surface area (Å²) in [6.07, 6.45) is 1.81. The van der Waals surface area contributed by atoms with Crippen LogP contribution in [0.4, 0.5) is 5.13 Å². The lowest BCUT2D eigenvalue weighted by atomic mass is 10.0. The predicted molar refractivity (Wildman–Crippen MR) is 137 cm³/mol. The highest BCUT2D eigenvalue weighted by Gasteiger charge is 2.25. The van der Waals surface area contributed by atoms with Crippen molar-refractivity contribution in [1.82, 2.24) is 14.9 Å². The summed E-state index contributed by atoms with van der Waals surface area (Å²) in [5.41, 5.74) is 2.81.